The van der Waals surface area contributed by atoms with Crippen LogP contribution in [0.1, 0.15) is 12.0 Å². The van der Waals surface area contributed by atoms with Crippen LogP contribution in [0.25, 0.3) is 0 Å². The smallest absolute Gasteiger partial charge is 0.0410 e. The van der Waals surface area contributed by atoms with Gasteiger partial charge in [-0.25, -0.2) is 0 Å². The minimum atomic E-state index is 0.955. The Labute approximate surface area is 100 Å². The number of pyridine rings is 1. The molecule has 1 heterocycles. The lowest BCUT2D eigenvalue weighted by Crippen LogP contribution is -2.22. The number of hydrogen-bond acceptors (Lipinski definition) is 3. The number of aromatic nitrogens is 1. The Balaban J connectivity index is 2.34. The van der Waals surface area contributed by atoms with Crippen LogP contribution in [0.5, 0.6) is 0 Å². The van der Waals surface area contributed by atoms with Gasteiger partial charge in [0.2, 0.25) is 0 Å². The Morgan fingerprint density at radius 2 is 2.27 bits per heavy atom. The summed E-state index contributed by atoms with van der Waals surface area (Å²) in [6, 6.07) is 2.11. The van der Waals surface area contributed by atoms with Gasteiger partial charge in [-0.3, -0.25) is 4.98 Å². The molecule has 0 spiro atoms. The van der Waals surface area contributed by atoms with Crippen LogP contribution in [0, 0.1) is 0 Å². The largest absolute Gasteiger partial charge is 0.320 e. The van der Waals surface area contributed by atoms with E-state index in [2.05, 4.69) is 44.2 Å². The van der Waals surface area contributed by atoms with E-state index < -0.39 is 0 Å². The van der Waals surface area contributed by atoms with E-state index in [1.54, 1.807) is 0 Å². The van der Waals surface area contributed by atoms with E-state index in [9.17, 15) is 0 Å². The first-order chi connectivity index (χ1) is 7.22. The summed E-state index contributed by atoms with van der Waals surface area (Å²) in [6.07, 6.45) is 4.90. The second-order valence-electron chi connectivity index (χ2n) is 3.71. The maximum atomic E-state index is 4.15. The summed E-state index contributed by atoms with van der Waals surface area (Å²) in [5.41, 5.74) is 1.25. The van der Waals surface area contributed by atoms with Gasteiger partial charge in [-0.05, 0) is 61.2 Å². The molecule has 1 rings (SSSR count). The third-order valence-corrected chi connectivity index (χ3v) is 2.61. The molecule has 0 amide bonds. The molecule has 0 radical (unpaired) electrons. The van der Waals surface area contributed by atoms with Gasteiger partial charge in [0.1, 0.15) is 0 Å². The Bertz CT molecular complexity index is 291. The van der Waals surface area contributed by atoms with Gasteiger partial charge in [-0.15, -0.1) is 0 Å². The van der Waals surface area contributed by atoms with Crippen molar-refractivity contribution in [3.8, 4) is 0 Å². The molecule has 0 aliphatic heterocycles. The summed E-state index contributed by atoms with van der Waals surface area (Å²) >= 11 is 3.42. The summed E-state index contributed by atoms with van der Waals surface area (Å²) in [5.74, 6) is 0. The lowest BCUT2D eigenvalue weighted by molar-refractivity contribution is 0.320. The first kappa shape index (κ1) is 12.6. The van der Waals surface area contributed by atoms with Crippen LogP contribution in [0.3, 0.4) is 0 Å². The summed E-state index contributed by atoms with van der Waals surface area (Å²) in [7, 11) is 4.12. The monoisotopic (exact) mass is 271 g/mol. The average molecular weight is 272 g/mol. The van der Waals surface area contributed by atoms with E-state index in [1.807, 2.05) is 19.4 Å². The quantitative estimate of drug-likeness (QED) is 0.801. The van der Waals surface area contributed by atoms with Gasteiger partial charge in [0, 0.05) is 23.4 Å². The zero-order chi connectivity index (χ0) is 11.1. The highest BCUT2D eigenvalue weighted by molar-refractivity contribution is 9.10. The highest BCUT2D eigenvalue weighted by Crippen LogP contribution is 2.10. The SMILES string of the molecule is CNCCCN(C)Cc1cncc(Br)c1. The standard InChI is InChI=1S/C11H18BrN3/c1-13-4-3-5-15(2)9-10-6-11(12)8-14-7-10/h6-8,13H,3-5,9H2,1-2H3. The molecule has 84 valence electrons. The molecule has 1 N–H and O–H groups in total. The number of nitrogens with zero attached hydrogens (tertiary/aromatic N) is 2. The lowest BCUT2D eigenvalue weighted by atomic mass is 10.2. The van der Waals surface area contributed by atoms with E-state index in [0.717, 1.165) is 24.1 Å². The normalized spacial score (nSPS) is 10.9. The number of hydrogen-bond donors (Lipinski definition) is 1. The van der Waals surface area contributed by atoms with Crippen molar-refractivity contribution in [2.45, 2.75) is 13.0 Å². The van der Waals surface area contributed by atoms with Crippen molar-refractivity contribution in [1.82, 2.24) is 15.2 Å². The molecule has 0 saturated carbocycles. The van der Waals surface area contributed by atoms with Gasteiger partial charge >= 0.3 is 0 Å². The molecule has 0 atom stereocenters. The molecule has 3 nitrogen and oxygen atoms in total. The maximum absolute atomic E-state index is 4.15. The van der Waals surface area contributed by atoms with Crippen LogP contribution in [0.2, 0.25) is 0 Å². The molecule has 0 aliphatic rings. The van der Waals surface area contributed by atoms with E-state index in [0.29, 0.717) is 0 Å². The molecule has 0 aromatic carbocycles. The lowest BCUT2D eigenvalue weighted by Gasteiger charge is -2.16. The van der Waals surface area contributed by atoms with E-state index >= 15 is 0 Å². The van der Waals surface area contributed by atoms with Gasteiger partial charge < -0.3 is 10.2 Å². The average Bonchev–Trinajstić information content (AvgIpc) is 2.18. The van der Waals surface area contributed by atoms with E-state index in [1.165, 1.54) is 12.0 Å². The fourth-order valence-corrected chi connectivity index (χ4v) is 1.87. The number of nitrogens with one attached hydrogen (secondary N) is 1. The van der Waals surface area contributed by atoms with Crippen LogP contribution in [0.15, 0.2) is 22.9 Å². The topological polar surface area (TPSA) is 28.2 Å². The van der Waals surface area contributed by atoms with Gasteiger partial charge in [0.05, 0.1) is 0 Å². The zero-order valence-corrected chi connectivity index (χ0v) is 10.9. The molecule has 0 fully saturated rings. The molecule has 1 aromatic heterocycles. The third-order valence-electron chi connectivity index (χ3n) is 2.18. The molecule has 1 aromatic rings. The van der Waals surface area contributed by atoms with Crippen LogP contribution in [-0.4, -0.2) is 37.1 Å². The minimum absolute atomic E-state index is 0.955. The predicted octanol–water partition coefficient (Wildman–Crippen LogP) is 1.89. The Hall–Kier alpha value is -0.450. The Morgan fingerprint density at radius 3 is 2.93 bits per heavy atom. The summed E-state index contributed by atoms with van der Waals surface area (Å²) in [4.78, 5) is 6.45. The minimum Gasteiger partial charge on any atom is -0.320 e. The van der Waals surface area contributed by atoms with Crippen molar-refractivity contribution in [3.63, 3.8) is 0 Å². The molecule has 0 saturated heterocycles. The van der Waals surface area contributed by atoms with Gasteiger partial charge in [-0.2, -0.15) is 0 Å². The molecule has 0 unspecified atom stereocenters. The van der Waals surface area contributed by atoms with Gasteiger partial charge in [-0.1, -0.05) is 0 Å². The molecular formula is C11H18BrN3. The molecule has 15 heavy (non-hydrogen) atoms. The highest BCUT2D eigenvalue weighted by atomic mass is 79.9. The van der Waals surface area contributed by atoms with Crippen LogP contribution < -0.4 is 5.32 Å². The van der Waals surface area contributed by atoms with Crippen LogP contribution in [-0.2, 0) is 6.54 Å². The maximum Gasteiger partial charge on any atom is 0.0410 e. The van der Waals surface area contributed by atoms with Gasteiger partial charge in [0.25, 0.3) is 0 Å². The molecule has 0 bridgehead atoms. The predicted molar refractivity (Wildman–Crippen MR) is 66.8 cm³/mol. The second kappa shape index (κ2) is 6.93. The first-order valence-electron chi connectivity index (χ1n) is 5.15. The summed E-state index contributed by atoms with van der Waals surface area (Å²) in [5, 5.41) is 3.15. The van der Waals surface area contributed by atoms with Crippen LogP contribution in [0.4, 0.5) is 0 Å². The molecule has 0 aliphatic carbocycles. The highest BCUT2D eigenvalue weighted by Gasteiger charge is 2.00. The zero-order valence-electron chi connectivity index (χ0n) is 9.33. The first-order valence-corrected chi connectivity index (χ1v) is 5.94. The van der Waals surface area contributed by atoms with Gasteiger partial charge in [0.15, 0.2) is 0 Å². The van der Waals surface area contributed by atoms with Crippen molar-refractivity contribution < 1.29 is 0 Å². The number of halogens is 1. The van der Waals surface area contributed by atoms with E-state index in [-0.39, 0.29) is 0 Å². The fraction of sp³-hybridized carbons (Fsp3) is 0.545. The van der Waals surface area contributed by atoms with Crippen LogP contribution >= 0.6 is 15.9 Å². The summed E-state index contributed by atoms with van der Waals surface area (Å²) < 4.78 is 1.05. The van der Waals surface area contributed by atoms with Crippen molar-refractivity contribution in [3.05, 3.63) is 28.5 Å². The summed E-state index contributed by atoms with van der Waals surface area (Å²) in [6.45, 7) is 3.13. The Morgan fingerprint density at radius 1 is 1.47 bits per heavy atom. The van der Waals surface area contributed by atoms with Crippen molar-refractivity contribution in [2.24, 2.45) is 0 Å². The van der Waals surface area contributed by atoms with Crippen molar-refractivity contribution in [1.29, 1.82) is 0 Å². The fourth-order valence-electron chi connectivity index (χ4n) is 1.46. The molecule has 4 heteroatoms. The van der Waals surface area contributed by atoms with Crippen molar-refractivity contribution in [2.75, 3.05) is 27.2 Å². The van der Waals surface area contributed by atoms with E-state index in [4.69, 9.17) is 0 Å². The third kappa shape index (κ3) is 5.25. The Kier molecular flexibility index (Phi) is 5.83. The number of rotatable bonds is 6. The molecular weight excluding hydrogens is 254 g/mol. The van der Waals surface area contributed by atoms with Crippen molar-refractivity contribution >= 4 is 15.9 Å². The second-order valence-corrected chi connectivity index (χ2v) is 4.62.